The van der Waals surface area contributed by atoms with E-state index in [-0.39, 0.29) is 6.04 Å². The lowest BCUT2D eigenvalue weighted by Gasteiger charge is -2.26. The van der Waals surface area contributed by atoms with Crippen LogP contribution in [0.3, 0.4) is 0 Å². The molecule has 1 aromatic carbocycles. The second-order valence-electron chi connectivity index (χ2n) is 5.39. The minimum atomic E-state index is -0.610. The van der Waals surface area contributed by atoms with Gasteiger partial charge in [0.25, 0.3) is 0 Å². The first-order valence-corrected chi connectivity index (χ1v) is 7.71. The summed E-state index contributed by atoms with van der Waals surface area (Å²) in [5, 5.41) is 5.41. The van der Waals surface area contributed by atoms with Crippen LogP contribution in [-0.4, -0.2) is 17.9 Å². The van der Waals surface area contributed by atoms with E-state index in [1.54, 1.807) is 18.2 Å². The summed E-state index contributed by atoms with van der Waals surface area (Å²) in [6, 6.07) is 7.30. The van der Waals surface area contributed by atoms with E-state index < -0.39 is 11.8 Å². The number of amides is 2. The van der Waals surface area contributed by atoms with E-state index in [0.717, 1.165) is 36.1 Å². The molecule has 2 amide bonds. The molecule has 0 radical (unpaired) electrons. The van der Waals surface area contributed by atoms with Crippen LogP contribution in [0.2, 0.25) is 0 Å². The Hall–Kier alpha value is -1.36. The van der Waals surface area contributed by atoms with Crippen LogP contribution in [0.25, 0.3) is 0 Å². The number of rotatable bonds is 2. The first-order valence-electron chi connectivity index (χ1n) is 6.92. The molecule has 0 heterocycles. The van der Waals surface area contributed by atoms with Crippen LogP contribution in [0.4, 0.5) is 5.69 Å². The monoisotopic (exact) mass is 338 g/mol. The standard InChI is InChI=1S/C15H19BrN2O2/c1-10-5-7-12(8-6-10)17-14(19)15(20)18-13-4-2-3-11(16)9-13/h2-4,9-10,12H,5-8H2,1H3,(H,17,19)(H,18,20). The lowest BCUT2D eigenvalue weighted by atomic mass is 9.87. The SMILES string of the molecule is CC1CCC(NC(=O)C(=O)Nc2cccc(Br)c2)CC1. The molecule has 1 fully saturated rings. The van der Waals surface area contributed by atoms with Gasteiger partial charge in [0, 0.05) is 16.2 Å². The third-order valence-electron chi connectivity index (χ3n) is 3.64. The van der Waals surface area contributed by atoms with Gasteiger partial charge in [-0.3, -0.25) is 9.59 Å². The molecule has 1 aliphatic rings. The summed E-state index contributed by atoms with van der Waals surface area (Å²) in [5.74, 6) is -0.440. The quantitative estimate of drug-likeness (QED) is 0.814. The Bertz CT molecular complexity index is 496. The van der Waals surface area contributed by atoms with Crippen LogP contribution in [0.5, 0.6) is 0 Å². The Balaban J connectivity index is 1.84. The zero-order valence-corrected chi connectivity index (χ0v) is 13.1. The highest BCUT2D eigenvalue weighted by atomic mass is 79.9. The van der Waals surface area contributed by atoms with Crippen LogP contribution in [-0.2, 0) is 9.59 Å². The maximum absolute atomic E-state index is 11.8. The van der Waals surface area contributed by atoms with Gasteiger partial charge in [-0.2, -0.15) is 0 Å². The molecule has 0 bridgehead atoms. The van der Waals surface area contributed by atoms with Crippen LogP contribution < -0.4 is 10.6 Å². The zero-order chi connectivity index (χ0) is 14.5. The highest BCUT2D eigenvalue weighted by Crippen LogP contribution is 2.23. The van der Waals surface area contributed by atoms with E-state index in [1.165, 1.54) is 0 Å². The van der Waals surface area contributed by atoms with Crippen molar-refractivity contribution < 1.29 is 9.59 Å². The van der Waals surface area contributed by atoms with Crippen molar-refractivity contribution in [2.45, 2.75) is 38.6 Å². The van der Waals surface area contributed by atoms with Crippen molar-refractivity contribution in [3.63, 3.8) is 0 Å². The molecule has 4 nitrogen and oxygen atoms in total. The molecule has 1 aliphatic carbocycles. The summed E-state index contributed by atoms with van der Waals surface area (Å²) in [6.45, 7) is 2.22. The van der Waals surface area contributed by atoms with Crippen LogP contribution in [0.15, 0.2) is 28.7 Å². The summed E-state index contributed by atoms with van der Waals surface area (Å²) < 4.78 is 0.858. The van der Waals surface area contributed by atoms with Gasteiger partial charge >= 0.3 is 11.8 Å². The molecule has 0 spiro atoms. The largest absolute Gasteiger partial charge is 0.345 e. The fourth-order valence-corrected chi connectivity index (χ4v) is 2.81. The van der Waals surface area contributed by atoms with Gasteiger partial charge in [-0.05, 0) is 49.8 Å². The molecular weight excluding hydrogens is 320 g/mol. The number of carbonyl (C=O) groups is 2. The molecule has 0 aromatic heterocycles. The number of nitrogens with one attached hydrogen (secondary N) is 2. The first-order chi connectivity index (χ1) is 9.54. The Morgan fingerprint density at radius 1 is 1.15 bits per heavy atom. The second-order valence-corrected chi connectivity index (χ2v) is 6.31. The maximum atomic E-state index is 11.8. The van der Waals surface area contributed by atoms with Crippen LogP contribution >= 0.6 is 15.9 Å². The van der Waals surface area contributed by atoms with Gasteiger partial charge in [-0.15, -0.1) is 0 Å². The summed E-state index contributed by atoms with van der Waals surface area (Å²) in [7, 11) is 0. The van der Waals surface area contributed by atoms with E-state index in [4.69, 9.17) is 0 Å². The lowest BCUT2D eigenvalue weighted by Crippen LogP contribution is -2.43. The van der Waals surface area contributed by atoms with Gasteiger partial charge < -0.3 is 10.6 Å². The maximum Gasteiger partial charge on any atom is 0.313 e. The van der Waals surface area contributed by atoms with E-state index in [0.29, 0.717) is 5.69 Å². The van der Waals surface area contributed by atoms with Gasteiger partial charge in [-0.1, -0.05) is 28.9 Å². The zero-order valence-electron chi connectivity index (χ0n) is 11.5. The third kappa shape index (κ3) is 4.34. The van der Waals surface area contributed by atoms with Gasteiger partial charge in [0.1, 0.15) is 0 Å². The fraction of sp³-hybridized carbons (Fsp3) is 0.467. The molecule has 20 heavy (non-hydrogen) atoms. The van der Waals surface area contributed by atoms with Crippen molar-refractivity contribution >= 4 is 33.4 Å². The van der Waals surface area contributed by atoms with Crippen molar-refractivity contribution in [1.82, 2.24) is 5.32 Å². The molecule has 2 N–H and O–H groups in total. The molecule has 0 aliphatic heterocycles. The highest BCUT2D eigenvalue weighted by molar-refractivity contribution is 9.10. The number of carbonyl (C=O) groups excluding carboxylic acids is 2. The summed E-state index contributed by atoms with van der Waals surface area (Å²) >= 11 is 3.32. The van der Waals surface area contributed by atoms with E-state index in [1.807, 2.05) is 6.07 Å². The second kappa shape index (κ2) is 6.88. The van der Waals surface area contributed by atoms with E-state index in [9.17, 15) is 9.59 Å². The third-order valence-corrected chi connectivity index (χ3v) is 4.13. The van der Waals surface area contributed by atoms with Crippen molar-refractivity contribution in [2.75, 3.05) is 5.32 Å². The molecule has 1 aromatic rings. The molecule has 108 valence electrons. The smallest absolute Gasteiger partial charge is 0.313 e. The molecule has 0 saturated heterocycles. The van der Waals surface area contributed by atoms with E-state index in [2.05, 4.69) is 33.5 Å². The normalized spacial score (nSPS) is 22.1. The Kier molecular flexibility index (Phi) is 5.17. The molecule has 5 heteroatoms. The van der Waals surface area contributed by atoms with Gasteiger partial charge in [0.05, 0.1) is 0 Å². The van der Waals surface area contributed by atoms with Crippen LogP contribution in [0, 0.1) is 5.92 Å². The Labute approximate surface area is 127 Å². The van der Waals surface area contributed by atoms with Crippen LogP contribution in [0.1, 0.15) is 32.6 Å². The predicted molar refractivity (Wildman–Crippen MR) is 82.3 cm³/mol. The molecule has 2 rings (SSSR count). The topological polar surface area (TPSA) is 58.2 Å². The lowest BCUT2D eigenvalue weighted by molar-refractivity contribution is -0.136. The Morgan fingerprint density at radius 2 is 1.85 bits per heavy atom. The predicted octanol–water partition coefficient (Wildman–Crippen LogP) is 3.08. The fourth-order valence-electron chi connectivity index (χ4n) is 2.41. The number of benzene rings is 1. The molecule has 1 saturated carbocycles. The molecule has 0 atom stereocenters. The number of halogens is 1. The van der Waals surface area contributed by atoms with Gasteiger partial charge in [0.15, 0.2) is 0 Å². The van der Waals surface area contributed by atoms with Crippen molar-refractivity contribution in [3.05, 3.63) is 28.7 Å². The summed E-state index contributed by atoms with van der Waals surface area (Å²) in [5.41, 5.74) is 0.608. The number of anilines is 1. The minimum Gasteiger partial charge on any atom is -0.345 e. The molecular formula is C15H19BrN2O2. The van der Waals surface area contributed by atoms with Crippen molar-refractivity contribution in [1.29, 1.82) is 0 Å². The summed E-state index contributed by atoms with van der Waals surface area (Å²) in [6.07, 6.45) is 4.13. The molecule has 0 unspecified atom stereocenters. The number of hydrogen-bond donors (Lipinski definition) is 2. The van der Waals surface area contributed by atoms with Crippen molar-refractivity contribution in [3.8, 4) is 0 Å². The first kappa shape index (κ1) is 15.0. The summed E-state index contributed by atoms with van der Waals surface area (Å²) in [4.78, 5) is 23.7. The average molecular weight is 339 g/mol. The van der Waals surface area contributed by atoms with Gasteiger partial charge in [0.2, 0.25) is 0 Å². The van der Waals surface area contributed by atoms with Crippen molar-refractivity contribution in [2.24, 2.45) is 5.92 Å². The minimum absolute atomic E-state index is 0.131. The number of hydrogen-bond acceptors (Lipinski definition) is 2. The van der Waals surface area contributed by atoms with E-state index >= 15 is 0 Å². The highest BCUT2D eigenvalue weighted by Gasteiger charge is 2.22. The Morgan fingerprint density at radius 3 is 2.50 bits per heavy atom. The average Bonchev–Trinajstić information content (AvgIpc) is 2.41. The van der Waals surface area contributed by atoms with Gasteiger partial charge in [-0.25, -0.2) is 0 Å².